The fourth-order valence-electron chi connectivity index (χ4n) is 1.78. The summed E-state index contributed by atoms with van der Waals surface area (Å²) in [5.41, 5.74) is 0.433. The van der Waals surface area contributed by atoms with Crippen molar-refractivity contribution in [2.45, 2.75) is 19.8 Å². The van der Waals surface area contributed by atoms with Crippen LogP contribution in [0.3, 0.4) is 0 Å². The number of benzene rings is 1. The Bertz CT molecular complexity index is 556. The molecule has 6 nitrogen and oxygen atoms in total. The highest BCUT2D eigenvalue weighted by Gasteiger charge is 2.20. The number of para-hydroxylation sites is 2. The molecule has 1 N–H and O–H groups in total. The maximum Gasteiger partial charge on any atom is 0.303 e. The molecule has 20 heavy (non-hydrogen) atoms. The Morgan fingerprint density at radius 1 is 1.35 bits per heavy atom. The maximum atomic E-state index is 11.9. The molecule has 0 aliphatic rings. The average Bonchev–Trinajstić information content (AvgIpc) is 2.34. The highest BCUT2D eigenvalue weighted by molar-refractivity contribution is 7.92. The number of carboxylic acids is 1. The van der Waals surface area contributed by atoms with E-state index in [0.717, 1.165) is 6.26 Å². The van der Waals surface area contributed by atoms with Crippen LogP contribution < -0.4 is 9.04 Å². The van der Waals surface area contributed by atoms with Crippen LogP contribution >= 0.6 is 0 Å². The van der Waals surface area contributed by atoms with E-state index in [1.54, 1.807) is 24.3 Å². The molecule has 0 atom stereocenters. The summed E-state index contributed by atoms with van der Waals surface area (Å²) in [6.07, 6.45) is 1.25. The van der Waals surface area contributed by atoms with Crippen LogP contribution in [-0.4, -0.2) is 38.9 Å². The second kappa shape index (κ2) is 7.14. The van der Waals surface area contributed by atoms with Gasteiger partial charge >= 0.3 is 5.97 Å². The monoisotopic (exact) mass is 301 g/mol. The van der Waals surface area contributed by atoms with E-state index >= 15 is 0 Å². The minimum atomic E-state index is -3.50. The largest absolute Gasteiger partial charge is 0.492 e. The summed E-state index contributed by atoms with van der Waals surface area (Å²) in [7, 11) is -3.50. The topological polar surface area (TPSA) is 83.9 Å². The smallest absolute Gasteiger partial charge is 0.303 e. The van der Waals surface area contributed by atoms with E-state index in [4.69, 9.17) is 9.84 Å². The Hall–Kier alpha value is -1.76. The SMILES string of the molecule is CCOc1ccccc1N(CCCC(=O)O)S(C)(=O)=O. The van der Waals surface area contributed by atoms with Crippen molar-refractivity contribution in [1.82, 2.24) is 0 Å². The molecule has 0 fully saturated rings. The summed E-state index contributed by atoms with van der Waals surface area (Å²) in [5.74, 6) is -0.479. The predicted molar refractivity (Wildman–Crippen MR) is 76.7 cm³/mol. The first-order valence-electron chi connectivity index (χ1n) is 6.27. The lowest BCUT2D eigenvalue weighted by molar-refractivity contribution is -0.137. The summed E-state index contributed by atoms with van der Waals surface area (Å²) >= 11 is 0. The molecule has 0 spiro atoms. The molecule has 112 valence electrons. The van der Waals surface area contributed by atoms with Crippen molar-refractivity contribution < 1.29 is 23.1 Å². The molecule has 0 amide bonds. The number of anilines is 1. The van der Waals surface area contributed by atoms with E-state index in [-0.39, 0.29) is 19.4 Å². The normalized spacial score (nSPS) is 11.1. The molecule has 1 aromatic carbocycles. The molecule has 0 saturated carbocycles. The molecule has 0 bridgehead atoms. The number of nitrogens with zero attached hydrogens (tertiary/aromatic N) is 1. The van der Waals surface area contributed by atoms with Crippen molar-refractivity contribution in [3.05, 3.63) is 24.3 Å². The number of aliphatic carboxylic acids is 1. The number of ether oxygens (including phenoxy) is 1. The highest BCUT2D eigenvalue weighted by Crippen LogP contribution is 2.30. The standard InChI is InChI=1S/C13H19NO5S/c1-3-19-12-8-5-4-7-11(12)14(20(2,17)18)10-6-9-13(15)16/h4-5,7-8H,3,6,9-10H2,1-2H3,(H,15,16). The molecule has 0 unspecified atom stereocenters. The number of hydrogen-bond donors (Lipinski definition) is 1. The molecule has 0 heterocycles. The van der Waals surface area contributed by atoms with E-state index in [0.29, 0.717) is 18.0 Å². The molecule has 1 aromatic rings. The lowest BCUT2D eigenvalue weighted by Gasteiger charge is -2.24. The van der Waals surface area contributed by atoms with Crippen molar-refractivity contribution in [1.29, 1.82) is 0 Å². The van der Waals surface area contributed by atoms with E-state index in [9.17, 15) is 13.2 Å². The van der Waals surface area contributed by atoms with Gasteiger partial charge in [-0.3, -0.25) is 9.10 Å². The molecule has 1 rings (SSSR count). The second-order valence-electron chi connectivity index (χ2n) is 4.23. The van der Waals surface area contributed by atoms with E-state index < -0.39 is 16.0 Å². The number of hydrogen-bond acceptors (Lipinski definition) is 4. The van der Waals surface area contributed by atoms with Gasteiger partial charge in [-0.15, -0.1) is 0 Å². The average molecular weight is 301 g/mol. The first-order chi connectivity index (χ1) is 9.36. The van der Waals surface area contributed by atoms with E-state index in [2.05, 4.69) is 0 Å². The third-order valence-electron chi connectivity index (χ3n) is 2.59. The van der Waals surface area contributed by atoms with Gasteiger partial charge in [0.05, 0.1) is 18.6 Å². The molecule has 0 aliphatic carbocycles. The summed E-state index contributed by atoms with van der Waals surface area (Å²) in [6.45, 7) is 2.34. The lowest BCUT2D eigenvalue weighted by atomic mass is 10.2. The first-order valence-corrected chi connectivity index (χ1v) is 8.12. The fraction of sp³-hybridized carbons (Fsp3) is 0.462. The summed E-state index contributed by atoms with van der Waals surface area (Å²) in [5, 5.41) is 8.65. The van der Waals surface area contributed by atoms with Gasteiger partial charge in [0, 0.05) is 13.0 Å². The zero-order valence-electron chi connectivity index (χ0n) is 11.6. The van der Waals surface area contributed by atoms with Gasteiger partial charge in [0.25, 0.3) is 0 Å². The zero-order chi connectivity index (χ0) is 15.2. The third kappa shape index (κ3) is 4.73. The second-order valence-corrected chi connectivity index (χ2v) is 6.14. The van der Waals surface area contributed by atoms with Gasteiger partial charge in [0.15, 0.2) is 0 Å². The Morgan fingerprint density at radius 2 is 2.00 bits per heavy atom. The molecular formula is C13H19NO5S. The van der Waals surface area contributed by atoms with Crippen molar-refractivity contribution >= 4 is 21.7 Å². The van der Waals surface area contributed by atoms with Gasteiger partial charge in [-0.2, -0.15) is 0 Å². The number of carbonyl (C=O) groups is 1. The van der Waals surface area contributed by atoms with Crippen molar-refractivity contribution in [3.8, 4) is 5.75 Å². The summed E-state index contributed by atoms with van der Waals surface area (Å²) in [6, 6.07) is 6.81. The maximum absolute atomic E-state index is 11.9. The quantitative estimate of drug-likeness (QED) is 0.790. The number of rotatable bonds is 8. The summed E-state index contributed by atoms with van der Waals surface area (Å²) < 4.78 is 30.4. The minimum absolute atomic E-state index is 0.0805. The van der Waals surface area contributed by atoms with Gasteiger partial charge in [0.2, 0.25) is 10.0 Å². The van der Waals surface area contributed by atoms with Crippen LogP contribution in [0, 0.1) is 0 Å². The van der Waals surface area contributed by atoms with Gasteiger partial charge in [-0.25, -0.2) is 8.42 Å². The van der Waals surface area contributed by atoms with Crippen molar-refractivity contribution in [3.63, 3.8) is 0 Å². The molecule has 0 radical (unpaired) electrons. The zero-order valence-corrected chi connectivity index (χ0v) is 12.4. The van der Waals surface area contributed by atoms with Gasteiger partial charge in [-0.05, 0) is 25.5 Å². The number of sulfonamides is 1. The van der Waals surface area contributed by atoms with Crippen LogP contribution in [0.4, 0.5) is 5.69 Å². The Balaban J connectivity index is 3.02. The van der Waals surface area contributed by atoms with Crippen molar-refractivity contribution in [2.75, 3.05) is 23.7 Å². The van der Waals surface area contributed by atoms with E-state index in [1.807, 2.05) is 6.92 Å². The van der Waals surface area contributed by atoms with Gasteiger partial charge in [-0.1, -0.05) is 12.1 Å². The first kappa shape index (κ1) is 16.3. The Labute approximate surface area is 119 Å². The van der Waals surface area contributed by atoms with Crippen LogP contribution in [0.1, 0.15) is 19.8 Å². The Morgan fingerprint density at radius 3 is 2.55 bits per heavy atom. The summed E-state index contributed by atoms with van der Waals surface area (Å²) in [4.78, 5) is 10.5. The molecule has 0 saturated heterocycles. The highest BCUT2D eigenvalue weighted by atomic mass is 32.2. The van der Waals surface area contributed by atoms with Crippen LogP contribution in [-0.2, 0) is 14.8 Å². The van der Waals surface area contributed by atoms with Crippen LogP contribution in [0.25, 0.3) is 0 Å². The lowest BCUT2D eigenvalue weighted by Crippen LogP contribution is -2.31. The van der Waals surface area contributed by atoms with Crippen LogP contribution in [0.2, 0.25) is 0 Å². The van der Waals surface area contributed by atoms with Gasteiger partial charge < -0.3 is 9.84 Å². The third-order valence-corrected chi connectivity index (χ3v) is 3.77. The van der Waals surface area contributed by atoms with Crippen LogP contribution in [0.5, 0.6) is 5.75 Å². The fourth-order valence-corrected chi connectivity index (χ4v) is 2.75. The van der Waals surface area contributed by atoms with E-state index in [1.165, 1.54) is 4.31 Å². The van der Waals surface area contributed by atoms with Gasteiger partial charge in [0.1, 0.15) is 5.75 Å². The molecule has 7 heteroatoms. The minimum Gasteiger partial charge on any atom is -0.492 e. The number of carboxylic acid groups (broad SMARTS) is 1. The predicted octanol–water partition coefficient (Wildman–Crippen LogP) is 1.72. The molecule has 0 aromatic heterocycles. The molecule has 0 aliphatic heterocycles. The Kier molecular flexibility index (Phi) is 5.82. The molecular weight excluding hydrogens is 282 g/mol. The van der Waals surface area contributed by atoms with Crippen molar-refractivity contribution in [2.24, 2.45) is 0 Å². The van der Waals surface area contributed by atoms with Crippen LogP contribution in [0.15, 0.2) is 24.3 Å².